The van der Waals surface area contributed by atoms with Crippen LogP contribution in [0.25, 0.3) is 10.0 Å². The summed E-state index contributed by atoms with van der Waals surface area (Å²) in [5.74, 6) is 2.38. The van der Waals surface area contributed by atoms with Gasteiger partial charge in [-0.25, -0.2) is 8.78 Å². The van der Waals surface area contributed by atoms with Gasteiger partial charge in [0.15, 0.2) is 11.6 Å². The Morgan fingerprint density at radius 2 is 0.932 bits per heavy atom. The molecular weight excluding hydrogens is 1020 g/mol. The van der Waals surface area contributed by atoms with Crippen LogP contribution in [0.2, 0.25) is 10.0 Å². The number of carbonyl (C=O) groups is 2. The highest BCUT2D eigenvalue weighted by Gasteiger charge is 2.35. The average Bonchev–Trinajstić information content (AvgIpc) is 4.20. The Kier molecular flexibility index (Phi) is 13.3. The van der Waals surface area contributed by atoms with E-state index in [1.165, 1.54) is 9.75 Å². The van der Waals surface area contributed by atoms with Gasteiger partial charge in [0.05, 0.1) is 24.3 Å². The second-order valence-electron chi connectivity index (χ2n) is 19.3. The molecule has 0 spiro atoms. The van der Waals surface area contributed by atoms with Gasteiger partial charge in [-0.15, -0.1) is 43.1 Å². The third kappa shape index (κ3) is 9.41. The molecule has 2 aliphatic heterocycles. The number of hydrogen-bond donors (Lipinski definition) is 2. The number of aliphatic imine (C=N–C) groups is 2. The Bertz CT molecular complexity index is 3380. The van der Waals surface area contributed by atoms with E-state index in [0.717, 1.165) is 88.7 Å². The molecule has 2 amide bonds. The largest absolute Gasteiger partial charge is 0.326 e. The van der Waals surface area contributed by atoms with Crippen LogP contribution >= 0.6 is 45.9 Å². The Hall–Kier alpha value is -6.72. The van der Waals surface area contributed by atoms with E-state index in [0.29, 0.717) is 58.8 Å². The van der Waals surface area contributed by atoms with Crippen molar-refractivity contribution in [1.29, 1.82) is 0 Å². The number of aryl methyl sites for hydroxylation is 4. The van der Waals surface area contributed by atoms with Gasteiger partial charge >= 0.3 is 0 Å². The van der Waals surface area contributed by atoms with Crippen molar-refractivity contribution in [2.24, 2.45) is 9.98 Å². The van der Waals surface area contributed by atoms with Gasteiger partial charge < -0.3 is 10.6 Å². The first-order valence-corrected chi connectivity index (χ1v) is 26.8. The van der Waals surface area contributed by atoms with Gasteiger partial charge in [-0.1, -0.05) is 59.6 Å². The van der Waals surface area contributed by atoms with E-state index in [1.807, 2.05) is 108 Å². The van der Waals surface area contributed by atoms with E-state index in [9.17, 15) is 18.4 Å². The predicted octanol–water partition coefficient (Wildman–Crippen LogP) is 12.5. The smallest absolute Gasteiger partial charge is 0.227 e. The van der Waals surface area contributed by atoms with Crippen LogP contribution in [0.3, 0.4) is 0 Å². The zero-order valence-corrected chi connectivity index (χ0v) is 44.5. The van der Waals surface area contributed by atoms with Gasteiger partial charge in [-0.2, -0.15) is 0 Å². The van der Waals surface area contributed by atoms with Crippen LogP contribution in [0.1, 0.15) is 114 Å². The lowest BCUT2D eigenvalue weighted by Gasteiger charge is -2.13. The molecule has 4 aromatic heterocycles. The Labute approximate surface area is 444 Å². The third-order valence-electron chi connectivity index (χ3n) is 14.2. The molecule has 376 valence electrons. The first-order valence-electron chi connectivity index (χ1n) is 24.4. The minimum atomic E-state index is -0.851. The molecule has 0 saturated heterocycles. The molecule has 18 heteroatoms. The molecule has 4 aromatic carbocycles. The molecule has 2 aliphatic carbocycles. The lowest BCUT2D eigenvalue weighted by atomic mass is 9.99. The predicted molar refractivity (Wildman–Crippen MR) is 291 cm³/mol. The Balaban J connectivity index is 0.000000159. The summed E-state index contributed by atoms with van der Waals surface area (Å²) < 4.78 is 31.7. The number of thiophene rings is 2. The van der Waals surface area contributed by atoms with Crippen LogP contribution in [0, 0.1) is 41.5 Å². The summed E-state index contributed by atoms with van der Waals surface area (Å²) >= 11 is 15.7. The van der Waals surface area contributed by atoms with Crippen molar-refractivity contribution in [2.75, 3.05) is 10.6 Å². The van der Waals surface area contributed by atoms with Crippen LogP contribution in [0.15, 0.2) is 94.9 Å². The summed E-state index contributed by atoms with van der Waals surface area (Å²) in [6, 6.07) is 25.3. The fourth-order valence-corrected chi connectivity index (χ4v) is 13.0. The first-order chi connectivity index (χ1) is 35.6. The van der Waals surface area contributed by atoms with E-state index >= 15 is 0 Å². The molecule has 12 rings (SSSR count). The zero-order chi connectivity index (χ0) is 51.7. The van der Waals surface area contributed by atoms with Gasteiger partial charge in [0, 0.05) is 79.1 Å². The van der Waals surface area contributed by atoms with E-state index in [2.05, 4.69) is 58.7 Å². The summed E-state index contributed by atoms with van der Waals surface area (Å²) in [4.78, 5) is 39.2. The van der Waals surface area contributed by atoms with Gasteiger partial charge in [0.2, 0.25) is 11.8 Å². The van der Waals surface area contributed by atoms with Crippen LogP contribution in [-0.4, -0.2) is 65.1 Å². The fourth-order valence-electron chi connectivity index (χ4n) is 10.3. The molecule has 6 heterocycles. The monoisotopic (exact) mass is 1070 g/mol. The fraction of sp³-hybridized carbons (Fsp3) is 0.286. The van der Waals surface area contributed by atoms with E-state index in [1.54, 1.807) is 22.7 Å². The minimum Gasteiger partial charge on any atom is -0.326 e. The van der Waals surface area contributed by atoms with Crippen molar-refractivity contribution in [2.45, 2.75) is 104 Å². The van der Waals surface area contributed by atoms with Crippen LogP contribution in [-0.2, 0) is 35.3 Å². The van der Waals surface area contributed by atoms with Crippen molar-refractivity contribution < 1.29 is 18.4 Å². The lowest BCUT2D eigenvalue weighted by molar-refractivity contribution is -0.117. The molecular formula is C56H50Cl2F2N10O2S2. The summed E-state index contributed by atoms with van der Waals surface area (Å²) in [6.45, 7) is 12.2. The van der Waals surface area contributed by atoms with Crippen LogP contribution in [0.5, 0.6) is 0 Å². The quantitative estimate of drug-likeness (QED) is 0.155. The van der Waals surface area contributed by atoms with Crippen LogP contribution < -0.4 is 10.6 Å². The van der Waals surface area contributed by atoms with Gasteiger partial charge in [0.25, 0.3) is 0 Å². The number of halogens is 4. The van der Waals surface area contributed by atoms with Gasteiger partial charge in [-0.3, -0.25) is 28.7 Å². The number of hydrogen-bond acceptors (Lipinski definition) is 10. The second-order valence-corrected chi connectivity index (χ2v) is 22.6. The summed E-state index contributed by atoms with van der Waals surface area (Å²) in [5, 5.41) is 26.9. The van der Waals surface area contributed by atoms with Crippen molar-refractivity contribution in [3.05, 3.63) is 184 Å². The highest BCUT2D eigenvalue weighted by molar-refractivity contribution is 7.15. The number of nitrogens with zero attached hydrogens (tertiary/aromatic N) is 8. The van der Waals surface area contributed by atoms with Gasteiger partial charge in [-0.05, 0) is 123 Å². The Morgan fingerprint density at radius 1 is 0.554 bits per heavy atom. The number of carbonyl (C=O) groups excluding carboxylic acids is 2. The van der Waals surface area contributed by atoms with Crippen molar-refractivity contribution in [1.82, 2.24) is 29.5 Å². The zero-order valence-electron chi connectivity index (χ0n) is 41.4. The maximum Gasteiger partial charge on any atom is 0.227 e. The number of rotatable bonds is 8. The number of anilines is 2. The number of nitrogens with one attached hydrogen (secondary N) is 2. The highest BCUT2D eigenvalue weighted by atomic mass is 35.5. The Morgan fingerprint density at radius 3 is 1.32 bits per heavy atom. The maximum atomic E-state index is 13.8. The number of aromatic nitrogens is 6. The molecule has 2 N–H and O–H groups in total. The van der Waals surface area contributed by atoms with Crippen molar-refractivity contribution in [3.8, 4) is 10.0 Å². The average molecular weight is 1070 g/mol. The molecule has 4 aliphatic rings. The summed E-state index contributed by atoms with van der Waals surface area (Å²) in [6.07, 6.45) is 0.125. The van der Waals surface area contributed by atoms with E-state index < -0.39 is 24.4 Å². The normalized spacial score (nSPS) is 18.0. The minimum absolute atomic E-state index is 0.0883. The SMILES string of the molecule is Cc1sc2c(c1C)C(c1ccc(Cl)cc1)=N[C@@H](CC(=O)Nc1ccc3c(c1)C[C@@H](F)C3)c1nnc(C)n1-2.Cc1sc2c(c1C)C(c1ccc(Cl)cc1)=N[C@@H](CC(=O)Nc1ccc3c(c1)C[C@H](F)C3)c1nnc(C)n1-2. The topological polar surface area (TPSA) is 144 Å². The molecule has 0 saturated carbocycles. The summed E-state index contributed by atoms with van der Waals surface area (Å²) in [5.41, 5.74) is 13.0. The maximum absolute atomic E-state index is 13.8. The van der Waals surface area contributed by atoms with E-state index in [-0.39, 0.29) is 24.7 Å². The first kappa shape index (κ1) is 49.5. The standard InChI is InChI=1S/2C28H25ClFN5OS/c2*1-14-15(2)37-28-25(14)26(17-4-7-20(29)8-5-17)32-23(27-34-33-16(3)35(27)28)13-24(36)31-22-9-6-18-10-21(30)11-19(18)12-22/h2*4-9,12,21,23H,10-11,13H2,1-3H3,(H,31,36)/t21-,23+;21-,23-/m10/s1. The van der Waals surface area contributed by atoms with Crippen molar-refractivity contribution in [3.63, 3.8) is 0 Å². The molecule has 12 nitrogen and oxygen atoms in total. The third-order valence-corrected chi connectivity index (χ3v) is 17.1. The number of benzene rings is 4. The summed E-state index contributed by atoms with van der Waals surface area (Å²) in [7, 11) is 0. The van der Waals surface area contributed by atoms with Crippen molar-refractivity contribution >= 4 is 80.5 Å². The molecule has 8 aromatic rings. The molecule has 0 radical (unpaired) electrons. The molecule has 0 bridgehead atoms. The molecule has 74 heavy (non-hydrogen) atoms. The number of alkyl halides is 2. The van der Waals surface area contributed by atoms with E-state index in [4.69, 9.17) is 33.2 Å². The highest BCUT2D eigenvalue weighted by Crippen LogP contribution is 2.42. The number of fused-ring (bicyclic) bond motifs is 8. The molecule has 0 unspecified atom stereocenters. The second kappa shape index (κ2) is 19.9. The van der Waals surface area contributed by atoms with Gasteiger partial charge in [0.1, 0.15) is 46.1 Å². The molecule has 4 atom stereocenters. The number of amides is 2. The lowest BCUT2D eigenvalue weighted by Crippen LogP contribution is -2.17. The molecule has 0 fully saturated rings. The van der Waals surface area contributed by atoms with Crippen LogP contribution in [0.4, 0.5) is 20.2 Å².